The monoisotopic (exact) mass is 738 g/mol. The Labute approximate surface area is 247 Å². The molecule has 196 valence electrons. The quantitative estimate of drug-likeness (QED) is 0.181. The highest BCUT2D eigenvalue weighted by molar-refractivity contribution is 14.1. The standard InChI is InChI=1S/C18H18N2O2.C5H3FIN.C5H4INO/c21-18-13-16(7-8-19-18)4-1-15-2-5-17(6-3-15)14-20-9-11-22-12-10-20;6-5-3-4(7)1-2-8-5;6-4-1-2-7-5(8)3-4/h2-3,5-8,13H,9-12,14H2,(H,19,21);1-3H;1-3H,(H,7,8). The van der Waals surface area contributed by atoms with E-state index in [1.54, 1.807) is 30.6 Å². The lowest BCUT2D eigenvalue weighted by atomic mass is 10.1. The van der Waals surface area contributed by atoms with Crippen LogP contribution in [0, 0.1) is 24.9 Å². The fraction of sp³-hybridized carbons (Fsp3) is 0.179. The van der Waals surface area contributed by atoms with Gasteiger partial charge < -0.3 is 14.7 Å². The molecule has 10 heteroatoms. The van der Waals surface area contributed by atoms with Gasteiger partial charge in [-0.1, -0.05) is 24.0 Å². The van der Waals surface area contributed by atoms with Gasteiger partial charge in [0.2, 0.25) is 17.1 Å². The summed E-state index contributed by atoms with van der Waals surface area (Å²) in [6.45, 7) is 4.57. The van der Waals surface area contributed by atoms with Crippen molar-refractivity contribution in [1.82, 2.24) is 19.9 Å². The summed E-state index contributed by atoms with van der Waals surface area (Å²) in [5.74, 6) is 5.67. The van der Waals surface area contributed by atoms with Crippen molar-refractivity contribution in [3.8, 4) is 11.8 Å². The number of rotatable bonds is 2. The lowest BCUT2D eigenvalue weighted by Crippen LogP contribution is -2.35. The van der Waals surface area contributed by atoms with Crippen LogP contribution >= 0.6 is 45.2 Å². The zero-order chi connectivity index (χ0) is 27.2. The molecule has 0 unspecified atom stereocenters. The number of aromatic nitrogens is 3. The number of H-pyrrole nitrogens is 2. The minimum Gasteiger partial charge on any atom is -0.379 e. The van der Waals surface area contributed by atoms with E-state index in [9.17, 15) is 14.0 Å². The van der Waals surface area contributed by atoms with Gasteiger partial charge in [0, 0.05) is 74.7 Å². The van der Waals surface area contributed by atoms with Crippen molar-refractivity contribution in [3.05, 3.63) is 130 Å². The number of pyridine rings is 3. The number of hydrogen-bond donors (Lipinski definition) is 2. The number of benzene rings is 1. The molecule has 0 atom stereocenters. The number of halogens is 3. The highest BCUT2D eigenvalue weighted by Crippen LogP contribution is 2.09. The predicted molar refractivity (Wildman–Crippen MR) is 162 cm³/mol. The third-order valence-electron chi connectivity index (χ3n) is 5.02. The summed E-state index contributed by atoms with van der Waals surface area (Å²) in [4.78, 5) is 32.5. The van der Waals surface area contributed by atoms with Gasteiger partial charge in [-0.15, -0.1) is 0 Å². The Hall–Kier alpha value is -2.86. The van der Waals surface area contributed by atoms with Crippen LogP contribution in [-0.2, 0) is 11.3 Å². The Morgan fingerprint density at radius 3 is 2.03 bits per heavy atom. The minimum atomic E-state index is -0.420. The number of aromatic amines is 2. The molecule has 0 saturated carbocycles. The number of hydrogen-bond acceptors (Lipinski definition) is 5. The second-order valence-electron chi connectivity index (χ2n) is 7.94. The summed E-state index contributed by atoms with van der Waals surface area (Å²) in [5, 5.41) is 0. The molecule has 0 bridgehead atoms. The molecular weight excluding hydrogens is 713 g/mol. The van der Waals surface area contributed by atoms with Crippen LogP contribution in [0.4, 0.5) is 4.39 Å². The van der Waals surface area contributed by atoms with Crippen LogP contribution in [-0.4, -0.2) is 46.2 Å². The molecule has 0 amide bonds. The Balaban J connectivity index is 0.000000203. The second-order valence-corrected chi connectivity index (χ2v) is 10.4. The van der Waals surface area contributed by atoms with E-state index in [1.165, 1.54) is 23.9 Å². The average molecular weight is 738 g/mol. The molecule has 5 rings (SSSR count). The largest absolute Gasteiger partial charge is 0.379 e. The van der Waals surface area contributed by atoms with Gasteiger partial charge in [0.1, 0.15) is 0 Å². The topological polar surface area (TPSA) is 91.1 Å². The van der Waals surface area contributed by atoms with Gasteiger partial charge in [-0.2, -0.15) is 4.39 Å². The number of morpholine rings is 1. The molecule has 1 aliphatic rings. The normalized spacial score (nSPS) is 12.6. The lowest BCUT2D eigenvalue weighted by molar-refractivity contribution is 0.0342. The maximum atomic E-state index is 12.1. The maximum Gasteiger partial charge on any atom is 0.249 e. The van der Waals surface area contributed by atoms with Crippen LogP contribution in [0.15, 0.2) is 88.8 Å². The predicted octanol–water partition coefficient (Wildman–Crippen LogP) is 4.41. The summed E-state index contributed by atoms with van der Waals surface area (Å²) >= 11 is 4.11. The molecule has 1 aliphatic heterocycles. The Bertz CT molecular complexity index is 1460. The number of nitrogens with zero attached hydrogens (tertiary/aromatic N) is 2. The van der Waals surface area contributed by atoms with Crippen molar-refractivity contribution in [2.24, 2.45) is 0 Å². The van der Waals surface area contributed by atoms with Gasteiger partial charge in [-0.25, -0.2) is 4.98 Å². The summed E-state index contributed by atoms with van der Waals surface area (Å²) < 4.78 is 19.2. The van der Waals surface area contributed by atoms with Crippen molar-refractivity contribution in [1.29, 1.82) is 0 Å². The van der Waals surface area contributed by atoms with E-state index in [1.807, 2.05) is 40.8 Å². The lowest BCUT2D eigenvalue weighted by Gasteiger charge is -2.26. The van der Waals surface area contributed by atoms with Crippen molar-refractivity contribution < 1.29 is 9.13 Å². The highest BCUT2D eigenvalue weighted by Gasteiger charge is 2.10. The third-order valence-corrected chi connectivity index (χ3v) is 6.36. The maximum absolute atomic E-state index is 12.1. The highest BCUT2D eigenvalue weighted by atomic mass is 127. The van der Waals surface area contributed by atoms with Gasteiger partial charge in [-0.05, 0) is 81.1 Å². The number of nitrogens with one attached hydrogen (secondary N) is 2. The molecule has 1 saturated heterocycles. The zero-order valence-electron chi connectivity index (χ0n) is 20.3. The molecule has 2 N–H and O–H groups in total. The van der Waals surface area contributed by atoms with Gasteiger partial charge in [0.15, 0.2) is 0 Å². The summed E-state index contributed by atoms with van der Waals surface area (Å²) in [5.41, 5.74) is 2.78. The van der Waals surface area contributed by atoms with Gasteiger partial charge >= 0.3 is 0 Å². The van der Waals surface area contributed by atoms with Gasteiger partial charge in [0.05, 0.1) is 13.2 Å². The molecule has 7 nitrogen and oxygen atoms in total. The van der Waals surface area contributed by atoms with Crippen LogP contribution in [0.2, 0.25) is 0 Å². The first-order valence-corrected chi connectivity index (χ1v) is 13.7. The van der Waals surface area contributed by atoms with Crippen LogP contribution in [0.5, 0.6) is 0 Å². The molecule has 0 aliphatic carbocycles. The third kappa shape index (κ3) is 11.7. The van der Waals surface area contributed by atoms with Crippen molar-refractivity contribution in [2.75, 3.05) is 26.3 Å². The van der Waals surface area contributed by atoms with Crippen molar-refractivity contribution in [3.63, 3.8) is 0 Å². The Morgan fingerprint density at radius 1 is 0.842 bits per heavy atom. The molecular formula is C28H25FI2N4O3. The molecule has 4 heterocycles. The van der Waals surface area contributed by atoms with E-state index < -0.39 is 5.95 Å². The van der Waals surface area contributed by atoms with E-state index in [2.05, 4.69) is 66.4 Å². The number of ether oxygens (including phenoxy) is 1. The first-order valence-electron chi connectivity index (χ1n) is 11.6. The van der Waals surface area contributed by atoms with Crippen molar-refractivity contribution >= 4 is 45.2 Å². The van der Waals surface area contributed by atoms with Crippen LogP contribution in [0.1, 0.15) is 16.7 Å². The van der Waals surface area contributed by atoms with Crippen LogP contribution < -0.4 is 11.1 Å². The Morgan fingerprint density at radius 2 is 1.47 bits per heavy atom. The molecule has 4 aromatic rings. The zero-order valence-corrected chi connectivity index (χ0v) is 24.6. The first-order chi connectivity index (χ1) is 18.4. The fourth-order valence-corrected chi connectivity index (χ4v) is 4.06. The van der Waals surface area contributed by atoms with Gasteiger partial charge in [0.25, 0.3) is 0 Å². The SMILES string of the molecule is Fc1cc(I)ccn1.O=c1cc(C#Cc2ccc(CN3CCOCC3)cc2)cc[nH]1.O=c1cc(I)cc[nH]1. The molecule has 38 heavy (non-hydrogen) atoms. The fourth-order valence-electron chi connectivity index (χ4n) is 3.17. The average Bonchev–Trinajstić information content (AvgIpc) is 2.90. The van der Waals surface area contributed by atoms with E-state index in [-0.39, 0.29) is 11.1 Å². The molecule has 0 spiro atoms. The summed E-state index contributed by atoms with van der Waals surface area (Å²) in [6, 6.07) is 18.0. The van der Waals surface area contributed by atoms with E-state index in [0.717, 1.165) is 51.1 Å². The Kier molecular flexibility index (Phi) is 12.6. The van der Waals surface area contributed by atoms with E-state index >= 15 is 0 Å². The second kappa shape index (κ2) is 16.2. The molecule has 1 aromatic carbocycles. The minimum absolute atomic E-state index is 0.0445. The van der Waals surface area contributed by atoms with Crippen LogP contribution in [0.3, 0.4) is 0 Å². The smallest absolute Gasteiger partial charge is 0.249 e. The first kappa shape index (κ1) is 29.7. The van der Waals surface area contributed by atoms with E-state index in [0.29, 0.717) is 0 Å². The molecule has 3 aromatic heterocycles. The summed E-state index contributed by atoms with van der Waals surface area (Å²) in [7, 11) is 0. The van der Waals surface area contributed by atoms with Gasteiger partial charge in [-0.3, -0.25) is 14.5 Å². The molecule has 1 fully saturated rings. The van der Waals surface area contributed by atoms with Crippen molar-refractivity contribution in [2.45, 2.75) is 6.54 Å². The van der Waals surface area contributed by atoms with Crippen LogP contribution in [0.25, 0.3) is 0 Å². The molecule has 0 radical (unpaired) electrons. The van der Waals surface area contributed by atoms with E-state index in [4.69, 9.17) is 4.74 Å². The summed E-state index contributed by atoms with van der Waals surface area (Å²) in [6.07, 6.45) is 4.68.